The molecule has 0 spiro atoms. The first-order valence-corrected chi connectivity index (χ1v) is 7.83. The number of para-hydroxylation sites is 1. The van der Waals surface area contributed by atoms with E-state index < -0.39 is 0 Å². The van der Waals surface area contributed by atoms with Crippen LogP contribution in [0, 0.1) is 0 Å². The summed E-state index contributed by atoms with van der Waals surface area (Å²) in [7, 11) is 1.67. The molecular formula is C18H18N4O2. The van der Waals surface area contributed by atoms with Crippen molar-refractivity contribution in [1.29, 1.82) is 0 Å². The third-order valence-electron chi connectivity index (χ3n) is 4.50. The third kappa shape index (κ3) is 2.35. The molecule has 0 radical (unpaired) electrons. The van der Waals surface area contributed by atoms with E-state index in [2.05, 4.69) is 9.97 Å². The van der Waals surface area contributed by atoms with Gasteiger partial charge in [-0.05, 0) is 25.1 Å². The molecule has 4 rings (SSSR count). The van der Waals surface area contributed by atoms with Crippen LogP contribution >= 0.6 is 0 Å². The minimum absolute atomic E-state index is 0.0341. The minimum Gasteiger partial charge on any atom is -0.375 e. The van der Waals surface area contributed by atoms with E-state index in [0.717, 1.165) is 11.3 Å². The van der Waals surface area contributed by atoms with Gasteiger partial charge in [-0.25, -0.2) is 9.97 Å². The number of imidazole rings is 1. The maximum absolute atomic E-state index is 12.5. The molecule has 122 valence electrons. The zero-order valence-corrected chi connectivity index (χ0v) is 13.6. The molecular weight excluding hydrogens is 304 g/mol. The molecule has 3 aromatic rings. The van der Waals surface area contributed by atoms with Crippen LogP contribution < -0.4 is 0 Å². The average Bonchev–Trinajstić information content (AvgIpc) is 3.02. The summed E-state index contributed by atoms with van der Waals surface area (Å²) in [4.78, 5) is 23.2. The lowest BCUT2D eigenvalue weighted by Gasteiger charge is -2.46. The van der Waals surface area contributed by atoms with Crippen LogP contribution in [0.2, 0.25) is 0 Å². The van der Waals surface area contributed by atoms with E-state index >= 15 is 0 Å². The van der Waals surface area contributed by atoms with Crippen LogP contribution in [0.1, 0.15) is 17.3 Å². The van der Waals surface area contributed by atoms with Gasteiger partial charge in [-0.15, -0.1) is 0 Å². The summed E-state index contributed by atoms with van der Waals surface area (Å²) >= 11 is 0. The van der Waals surface area contributed by atoms with Gasteiger partial charge in [0.15, 0.2) is 5.65 Å². The van der Waals surface area contributed by atoms with Gasteiger partial charge in [0.05, 0.1) is 18.7 Å². The van der Waals surface area contributed by atoms with Crippen LogP contribution in [0.4, 0.5) is 0 Å². The van der Waals surface area contributed by atoms with Crippen LogP contribution in [0.15, 0.2) is 48.9 Å². The summed E-state index contributed by atoms with van der Waals surface area (Å²) in [5.41, 5.74) is 2.76. The zero-order valence-electron chi connectivity index (χ0n) is 13.6. The summed E-state index contributed by atoms with van der Waals surface area (Å²) < 4.78 is 7.30. The number of carbonyl (C=O) groups excluding carboxylic acids is 1. The number of pyridine rings is 1. The second kappa shape index (κ2) is 5.42. The van der Waals surface area contributed by atoms with Crippen LogP contribution in [-0.2, 0) is 4.74 Å². The summed E-state index contributed by atoms with van der Waals surface area (Å²) in [6.07, 6.45) is 3.35. The smallest absolute Gasteiger partial charge is 0.255 e. The highest BCUT2D eigenvalue weighted by Gasteiger charge is 2.41. The lowest BCUT2D eigenvalue weighted by molar-refractivity contribution is -0.0947. The SMILES string of the molecule is COC1(C)CN(C(=O)c2cnc3c(c2)ncn3-c2ccccc2)C1. The van der Waals surface area contributed by atoms with Crippen molar-refractivity contribution >= 4 is 17.1 Å². The molecule has 3 heterocycles. The number of rotatable bonds is 3. The number of aromatic nitrogens is 3. The zero-order chi connectivity index (χ0) is 16.7. The lowest BCUT2D eigenvalue weighted by atomic mass is 9.95. The predicted molar refractivity (Wildman–Crippen MR) is 90.2 cm³/mol. The first-order valence-electron chi connectivity index (χ1n) is 7.83. The lowest BCUT2D eigenvalue weighted by Crippen LogP contribution is -2.62. The van der Waals surface area contributed by atoms with Gasteiger partial charge in [-0.3, -0.25) is 9.36 Å². The maximum atomic E-state index is 12.5. The molecule has 6 heteroatoms. The van der Waals surface area contributed by atoms with Crippen molar-refractivity contribution in [3.8, 4) is 5.69 Å². The number of fused-ring (bicyclic) bond motifs is 1. The Bertz CT molecular complexity index is 898. The Hall–Kier alpha value is -2.73. The molecule has 1 aliphatic heterocycles. The minimum atomic E-state index is -0.234. The fourth-order valence-corrected chi connectivity index (χ4v) is 3.01. The van der Waals surface area contributed by atoms with E-state index in [-0.39, 0.29) is 11.5 Å². The number of amides is 1. The highest BCUT2D eigenvalue weighted by atomic mass is 16.5. The molecule has 1 amide bonds. The number of carbonyl (C=O) groups is 1. The third-order valence-corrected chi connectivity index (χ3v) is 4.50. The van der Waals surface area contributed by atoms with Gasteiger partial charge < -0.3 is 9.64 Å². The second-order valence-corrected chi connectivity index (χ2v) is 6.33. The molecule has 6 nitrogen and oxygen atoms in total. The monoisotopic (exact) mass is 322 g/mol. The molecule has 0 saturated carbocycles. The van der Waals surface area contributed by atoms with Gasteiger partial charge >= 0.3 is 0 Å². The number of methoxy groups -OCH3 is 1. The standard InChI is InChI=1S/C18H18N4O2/c1-18(24-2)10-21(11-18)17(23)13-8-15-16(19-9-13)22(12-20-15)14-6-4-3-5-7-14/h3-9,12H,10-11H2,1-2H3. The number of hydrogen-bond donors (Lipinski definition) is 0. The molecule has 0 atom stereocenters. The van der Waals surface area contributed by atoms with Gasteiger partial charge in [-0.1, -0.05) is 18.2 Å². The molecule has 1 saturated heterocycles. The summed E-state index contributed by atoms with van der Waals surface area (Å²) in [6, 6.07) is 11.7. The Morgan fingerprint density at radius 2 is 1.96 bits per heavy atom. The van der Waals surface area contributed by atoms with Crippen molar-refractivity contribution in [3.63, 3.8) is 0 Å². The highest BCUT2D eigenvalue weighted by Crippen LogP contribution is 2.26. The Morgan fingerprint density at radius 1 is 1.21 bits per heavy atom. The quantitative estimate of drug-likeness (QED) is 0.742. The Morgan fingerprint density at radius 3 is 2.67 bits per heavy atom. The second-order valence-electron chi connectivity index (χ2n) is 6.33. The Balaban J connectivity index is 1.62. The van der Waals surface area contributed by atoms with Crippen molar-refractivity contribution < 1.29 is 9.53 Å². The number of nitrogens with zero attached hydrogens (tertiary/aromatic N) is 4. The topological polar surface area (TPSA) is 60.2 Å². The van der Waals surface area contributed by atoms with E-state index in [0.29, 0.717) is 24.2 Å². The Labute approximate surface area is 139 Å². The fraction of sp³-hybridized carbons (Fsp3) is 0.278. The molecule has 0 unspecified atom stereocenters. The summed E-state index contributed by atoms with van der Waals surface area (Å²) in [6.45, 7) is 3.19. The molecule has 0 bridgehead atoms. The summed E-state index contributed by atoms with van der Waals surface area (Å²) in [5, 5.41) is 0. The van der Waals surface area contributed by atoms with Crippen molar-refractivity contribution in [3.05, 3.63) is 54.5 Å². The molecule has 24 heavy (non-hydrogen) atoms. The van der Waals surface area contributed by atoms with Crippen LogP contribution in [0.3, 0.4) is 0 Å². The van der Waals surface area contributed by atoms with Crippen LogP contribution in [0.5, 0.6) is 0 Å². The van der Waals surface area contributed by atoms with Gasteiger partial charge in [0.1, 0.15) is 17.4 Å². The highest BCUT2D eigenvalue weighted by molar-refractivity contribution is 5.97. The van der Waals surface area contributed by atoms with E-state index in [4.69, 9.17) is 4.74 Å². The maximum Gasteiger partial charge on any atom is 0.255 e. The Kier molecular flexibility index (Phi) is 3.35. The number of likely N-dealkylation sites (tertiary alicyclic amines) is 1. The summed E-state index contributed by atoms with van der Waals surface area (Å²) in [5.74, 6) is -0.0341. The fourth-order valence-electron chi connectivity index (χ4n) is 3.01. The van der Waals surface area contributed by atoms with E-state index in [1.807, 2.05) is 41.8 Å². The number of ether oxygens (including phenoxy) is 1. The van der Waals surface area contributed by atoms with Crippen molar-refractivity contribution in [1.82, 2.24) is 19.4 Å². The van der Waals surface area contributed by atoms with Crippen molar-refractivity contribution in [2.75, 3.05) is 20.2 Å². The first-order chi connectivity index (χ1) is 11.6. The van der Waals surface area contributed by atoms with Gasteiger partial charge in [0, 0.05) is 19.0 Å². The van der Waals surface area contributed by atoms with Gasteiger partial charge in [0.2, 0.25) is 0 Å². The number of benzene rings is 1. The number of hydrogen-bond acceptors (Lipinski definition) is 4. The molecule has 1 aliphatic rings. The first kappa shape index (κ1) is 14.8. The largest absolute Gasteiger partial charge is 0.375 e. The van der Waals surface area contributed by atoms with E-state index in [1.165, 1.54) is 0 Å². The molecule has 0 N–H and O–H groups in total. The van der Waals surface area contributed by atoms with E-state index in [1.54, 1.807) is 30.6 Å². The van der Waals surface area contributed by atoms with Crippen molar-refractivity contribution in [2.24, 2.45) is 0 Å². The van der Waals surface area contributed by atoms with Crippen LogP contribution in [0.25, 0.3) is 16.9 Å². The van der Waals surface area contributed by atoms with Gasteiger partial charge in [-0.2, -0.15) is 0 Å². The van der Waals surface area contributed by atoms with Gasteiger partial charge in [0.25, 0.3) is 5.91 Å². The average molecular weight is 322 g/mol. The van der Waals surface area contributed by atoms with Crippen molar-refractivity contribution in [2.45, 2.75) is 12.5 Å². The molecule has 2 aromatic heterocycles. The normalized spacial score (nSPS) is 16.2. The molecule has 1 fully saturated rings. The molecule has 0 aliphatic carbocycles. The molecule has 1 aromatic carbocycles. The van der Waals surface area contributed by atoms with E-state index in [9.17, 15) is 4.79 Å². The predicted octanol–water partition coefficient (Wildman–Crippen LogP) is 2.28. The van der Waals surface area contributed by atoms with Crippen LogP contribution in [-0.4, -0.2) is 51.1 Å².